The van der Waals surface area contributed by atoms with Crippen molar-refractivity contribution in [3.8, 4) is 5.75 Å². The van der Waals surface area contributed by atoms with Gasteiger partial charge in [0.2, 0.25) is 5.91 Å². The first kappa shape index (κ1) is 17.6. The number of benzene rings is 1. The molecular formula is C16H21ClN2O4. The average Bonchev–Trinajstić information content (AvgIpc) is 2.54. The Morgan fingerprint density at radius 3 is 2.65 bits per heavy atom. The van der Waals surface area contributed by atoms with Crippen molar-refractivity contribution in [1.29, 1.82) is 0 Å². The van der Waals surface area contributed by atoms with E-state index in [1.165, 1.54) is 0 Å². The van der Waals surface area contributed by atoms with Gasteiger partial charge < -0.3 is 19.7 Å². The second-order valence-electron chi connectivity index (χ2n) is 5.39. The van der Waals surface area contributed by atoms with E-state index in [9.17, 15) is 9.59 Å². The summed E-state index contributed by atoms with van der Waals surface area (Å²) in [5, 5.41) is 3.22. The maximum atomic E-state index is 12.3. The summed E-state index contributed by atoms with van der Waals surface area (Å²) in [6.07, 6.45) is -0.728. The van der Waals surface area contributed by atoms with Crippen LogP contribution in [0.25, 0.3) is 0 Å². The van der Waals surface area contributed by atoms with Crippen LogP contribution in [0.15, 0.2) is 24.3 Å². The number of amides is 2. The molecule has 23 heavy (non-hydrogen) atoms. The third-order valence-corrected chi connectivity index (χ3v) is 3.77. The lowest BCUT2D eigenvalue weighted by Crippen LogP contribution is -2.52. The van der Waals surface area contributed by atoms with E-state index in [1.807, 2.05) is 0 Å². The highest BCUT2D eigenvalue weighted by Gasteiger charge is 2.25. The highest BCUT2D eigenvalue weighted by atomic mass is 35.5. The molecule has 1 aliphatic heterocycles. The van der Waals surface area contributed by atoms with Crippen molar-refractivity contribution in [3.63, 3.8) is 0 Å². The van der Waals surface area contributed by atoms with Crippen LogP contribution in [0.2, 0.25) is 5.02 Å². The number of carbonyl (C=O) groups is 2. The van der Waals surface area contributed by atoms with Crippen LogP contribution >= 0.6 is 11.6 Å². The molecule has 1 fully saturated rings. The predicted molar refractivity (Wildman–Crippen MR) is 86.5 cm³/mol. The monoisotopic (exact) mass is 340 g/mol. The molecule has 0 saturated carbocycles. The normalized spacial score (nSPS) is 17.3. The second-order valence-corrected chi connectivity index (χ2v) is 5.82. The Labute approximate surface area is 140 Å². The van der Waals surface area contributed by atoms with E-state index in [-0.39, 0.29) is 11.8 Å². The van der Waals surface area contributed by atoms with Gasteiger partial charge in [-0.2, -0.15) is 0 Å². The molecule has 0 radical (unpaired) electrons. The Balaban J connectivity index is 1.85. The van der Waals surface area contributed by atoms with Crippen LogP contribution in [0.1, 0.15) is 13.8 Å². The van der Waals surface area contributed by atoms with E-state index >= 15 is 0 Å². The summed E-state index contributed by atoms with van der Waals surface area (Å²) in [5.74, 6) is 0.0444. The van der Waals surface area contributed by atoms with Crippen molar-refractivity contribution in [2.24, 2.45) is 0 Å². The maximum Gasteiger partial charge on any atom is 0.261 e. The molecule has 1 aromatic carbocycles. The van der Waals surface area contributed by atoms with Crippen molar-refractivity contribution >= 4 is 23.4 Å². The van der Waals surface area contributed by atoms with Crippen LogP contribution in [-0.2, 0) is 14.3 Å². The lowest BCUT2D eigenvalue weighted by Gasteiger charge is -2.29. The Morgan fingerprint density at radius 2 is 2.00 bits per heavy atom. The van der Waals surface area contributed by atoms with Crippen LogP contribution < -0.4 is 10.1 Å². The van der Waals surface area contributed by atoms with Crippen LogP contribution in [0.3, 0.4) is 0 Å². The number of ether oxygens (including phenoxy) is 2. The SMILES string of the molecule is C[C@@H](NC(=O)[C@@H](C)Oc1cccc(Cl)c1)C(=O)N1CCOCC1. The third-order valence-electron chi connectivity index (χ3n) is 3.53. The molecule has 0 unspecified atom stereocenters. The van der Waals surface area contributed by atoms with Crippen molar-refractivity contribution < 1.29 is 19.1 Å². The van der Waals surface area contributed by atoms with Gasteiger partial charge in [-0.25, -0.2) is 0 Å². The average molecular weight is 341 g/mol. The van der Waals surface area contributed by atoms with Gasteiger partial charge in [-0.15, -0.1) is 0 Å². The summed E-state index contributed by atoms with van der Waals surface area (Å²) < 4.78 is 10.8. The third kappa shape index (κ3) is 5.11. The molecular weight excluding hydrogens is 320 g/mol. The molecule has 1 N–H and O–H groups in total. The number of carbonyl (C=O) groups excluding carboxylic acids is 2. The summed E-state index contributed by atoms with van der Waals surface area (Å²) in [7, 11) is 0. The number of hydrogen-bond acceptors (Lipinski definition) is 4. The first-order valence-corrected chi connectivity index (χ1v) is 7.94. The van der Waals surface area contributed by atoms with E-state index in [0.29, 0.717) is 37.1 Å². The minimum absolute atomic E-state index is 0.114. The van der Waals surface area contributed by atoms with Crippen LogP contribution in [0.4, 0.5) is 0 Å². The summed E-state index contributed by atoms with van der Waals surface area (Å²) >= 11 is 5.88. The predicted octanol–water partition coefficient (Wildman–Crippen LogP) is 1.47. The number of hydrogen-bond donors (Lipinski definition) is 1. The molecule has 1 heterocycles. The first-order valence-electron chi connectivity index (χ1n) is 7.56. The van der Waals surface area contributed by atoms with E-state index in [0.717, 1.165) is 0 Å². The number of nitrogens with zero attached hydrogens (tertiary/aromatic N) is 1. The van der Waals surface area contributed by atoms with Crippen molar-refractivity contribution in [2.75, 3.05) is 26.3 Å². The molecule has 1 saturated heterocycles. The Morgan fingerprint density at radius 1 is 1.30 bits per heavy atom. The fourth-order valence-corrected chi connectivity index (χ4v) is 2.43. The van der Waals surface area contributed by atoms with Gasteiger partial charge in [-0.3, -0.25) is 9.59 Å². The molecule has 2 rings (SSSR count). The quantitative estimate of drug-likeness (QED) is 0.881. The van der Waals surface area contributed by atoms with E-state index < -0.39 is 12.1 Å². The lowest BCUT2D eigenvalue weighted by molar-refractivity contribution is -0.140. The van der Waals surface area contributed by atoms with Crippen molar-refractivity contribution in [1.82, 2.24) is 10.2 Å². The topological polar surface area (TPSA) is 67.9 Å². The van der Waals surface area contributed by atoms with E-state index in [2.05, 4.69) is 5.32 Å². The van der Waals surface area contributed by atoms with Gasteiger partial charge in [-0.1, -0.05) is 17.7 Å². The molecule has 1 aromatic rings. The van der Waals surface area contributed by atoms with Gasteiger partial charge in [0, 0.05) is 18.1 Å². The van der Waals surface area contributed by atoms with Crippen LogP contribution in [0, 0.1) is 0 Å². The fourth-order valence-electron chi connectivity index (χ4n) is 2.25. The highest BCUT2D eigenvalue weighted by Crippen LogP contribution is 2.18. The summed E-state index contributed by atoms with van der Waals surface area (Å²) in [4.78, 5) is 26.1. The summed E-state index contributed by atoms with van der Waals surface area (Å²) in [5.41, 5.74) is 0. The molecule has 2 amide bonds. The molecule has 126 valence electrons. The zero-order valence-electron chi connectivity index (χ0n) is 13.3. The highest BCUT2D eigenvalue weighted by molar-refractivity contribution is 6.30. The largest absolute Gasteiger partial charge is 0.481 e. The second kappa shape index (κ2) is 8.17. The standard InChI is InChI=1S/C16H21ClN2O4/c1-11(16(21)19-6-8-22-9-7-19)18-15(20)12(2)23-14-5-3-4-13(17)10-14/h3-5,10-12H,6-9H2,1-2H3,(H,18,20)/t11-,12-/m1/s1. The molecule has 0 aliphatic carbocycles. The van der Waals surface area contributed by atoms with Crippen LogP contribution in [-0.4, -0.2) is 55.2 Å². The number of morpholine rings is 1. The zero-order chi connectivity index (χ0) is 16.8. The zero-order valence-corrected chi connectivity index (χ0v) is 14.0. The molecule has 0 aromatic heterocycles. The molecule has 1 aliphatic rings. The van der Waals surface area contributed by atoms with E-state index in [1.54, 1.807) is 43.0 Å². The number of nitrogens with one attached hydrogen (secondary N) is 1. The van der Waals surface area contributed by atoms with Gasteiger partial charge in [0.25, 0.3) is 5.91 Å². The van der Waals surface area contributed by atoms with E-state index in [4.69, 9.17) is 21.1 Å². The van der Waals surface area contributed by atoms with Gasteiger partial charge in [0.1, 0.15) is 11.8 Å². The van der Waals surface area contributed by atoms with Crippen LogP contribution in [0.5, 0.6) is 5.75 Å². The minimum Gasteiger partial charge on any atom is -0.481 e. The van der Waals surface area contributed by atoms with Crippen molar-refractivity contribution in [3.05, 3.63) is 29.3 Å². The van der Waals surface area contributed by atoms with Crippen molar-refractivity contribution in [2.45, 2.75) is 26.0 Å². The molecule has 0 bridgehead atoms. The maximum absolute atomic E-state index is 12.3. The fraction of sp³-hybridized carbons (Fsp3) is 0.500. The molecule has 0 spiro atoms. The van der Waals surface area contributed by atoms with Gasteiger partial charge in [-0.05, 0) is 32.0 Å². The molecule has 7 heteroatoms. The molecule has 2 atom stereocenters. The summed E-state index contributed by atoms with van der Waals surface area (Å²) in [6.45, 7) is 5.45. The molecule has 6 nitrogen and oxygen atoms in total. The first-order chi connectivity index (χ1) is 11.0. The number of halogens is 1. The lowest BCUT2D eigenvalue weighted by atomic mass is 10.2. The Kier molecular flexibility index (Phi) is 6.24. The Bertz CT molecular complexity index is 561. The number of rotatable bonds is 5. The summed E-state index contributed by atoms with van der Waals surface area (Å²) in [6, 6.07) is 6.21. The van der Waals surface area contributed by atoms with Gasteiger partial charge in [0.15, 0.2) is 6.10 Å². The smallest absolute Gasteiger partial charge is 0.261 e. The minimum atomic E-state index is -0.728. The Hall–Kier alpha value is -1.79. The van der Waals surface area contributed by atoms with Gasteiger partial charge in [0.05, 0.1) is 13.2 Å². The van der Waals surface area contributed by atoms with Gasteiger partial charge >= 0.3 is 0 Å².